The van der Waals surface area contributed by atoms with Crippen LogP contribution in [-0.4, -0.2) is 92.0 Å². The lowest BCUT2D eigenvalue weighted by Gasteiger charge is -2.29. The predicted octanol–water partition coefficient (Wildman–Crippen LogP) is -0.358. The van der Waals surface area contributed by atoms with Crippen LogP contribution < -0.4 is 20.9 Å². The number of nitrogens with one attached hydrogen (secondary N) is 3. The lowest BCUT2D eigenvalue weighted by Crippen LogP contribution is -2.48. The number of alkyl halides is 2. The van der Waals surface area contributed by atoms with E-state index in [4.69, 9.17) is 42.8 Å². The first-order valence-corrected chi connectivity index (χ1v) is 15.5. The number of benzene rings is 1. The lowest BCUT2D eigenvalue weighted by molar-refractivity contribution is -0.128. The van der Waals surface area contributed by atoms with Gasteiger partial charge < -0.3 is 45.5 Å². The second-order valence-electron chi connectivity index (χ2n) is 8.11. The van der Waals surface area contributed by atoms with Crippen LogP contribution in [0.15, 0.2) is 24.3 Å². The Balaban J connectivity index is 2.62. The first-order chi connectivity index (χ1) is 17.7. The Labute approximate surface area is 229 Å². The Bertz CT molecular complexity index is 994. The maximum atomic E-state index is 12.5. The molecule has 0 aromatic heterocycles. The monoisotopic (exact) mass is 620 g/mol. The van der Waals surface area contributed by atoms with Gasteiger partial charge in [0.1, 0.15) is 6.04 Å². The van der Waals surface area contributed by atoms with Gasteiger partial charge in [0, 0.05) is 49.9 Å². The summed E-state index contributed by atoms with van der Waals surface area (Å²) in [5.41, 5.74) is 1.61. The van der Waals surface area contributed by atoms with E-state index in [2.05, 4.69) is 16.0 Å². The van der Waals surface area contributed by atoms with Gasteiger partial charge in [-0.05, 0) is 24.1 Å². The molecule has 0 unspecified atom stereocenters. The molecule has 18 heteroatoms. The third-order valence-electron chi connectivity index (χ3n) is 5.40. The van der Waals surface area contributed by atoms with E-state index in [0.29, 0.717) is 31.3 Å². The van der Waals surface area contributed by atoms with Gasteiger partial charge in [-0.25, -0.2) is 0 Å². The Morgan fingerprint density at radius 2 is 1.55 bits per heavy atom. The van der Waals surface area contributed by atoms with Crippen LogP contribution in [-0.2, 0) is 29.9 Å². The van der Waals surface area contributed by atoms with Crippen molar-refractivity contribution >= 4 is 62.3 Å². The molecule has 3 amide bonds. The molecule has 0 aliphatic rings. The molecule has 0 heterocycles. The van der Waals surface area contributed by atoms with E-state index in [-0.39, 0.29) is 19.4 Å². The van der Waals surface area contributed by atoms with Crippen molar-refractivity contribution in [2.45, 2.75) is 30.4 Å². The molecule has 1 atom stereocenters. The summed E-state index contributed by atoms with van der Waals surface area (Å²) in [5.74, 6) is -0.539. The number of rotatable bonds is 18. The van der Waals surface area contributed by atoms with Crippen molar-refractivity contribution in [3.63, 3.8) is 0 Å². The summed E-state index contributed by atoms with van der Waals surface area (Å²) in [7, 11) is -11.2. The standard InChI is InChI=1S/C20H32Cl2N4O10P2/c21-7-10-26(11-8-22)16-4-2-15(3-5-16)12-17(25-14-27)19(29)24-13-18(28)23-9-1-6-20(30,37(31,32)33)38(34,35)36/h2-5,14,17,30H,1,6-13H2,(H,23,28)(H,24,29)(H,25,27)(H2,31,32,33)(H2,34,35,36)/t17-/m0/s1. The average Bonchev–Trinajstić information content (AvgIpc) is 2.83. The SMILES string of the molecule is O=CN[C@@H](Cc1ccc(N(CCCl)CCCl)cc1)C(=O)NCC(=O)NCCCC(O)(P(=O)(O)O)P(=O)(O)O. The van der Waals surface area contributed by atoms with Crippen molar-refractivity contribution in [2.75, 3.05) is 42.8 Å². The minimum absolute atomic E-state index is 0.126. The van der Waals surface area contributed by atoms with Gasteiger partial charge in [-0.1, -0.05) is 12.1 Å². The fraction of sp³-hybridized carbons (Fsp3) is 0.550. The van der Waals surface area contributed by atoms with Crippen LogP contribution in [0.2, 0.25) is 0 Å². The molecular formula is C20H32Cl2N4O10P2. The van der Waals surface area contributed by atoms with Crippen molar-refractivity contribution in [3.8, 4) is 0 Å². The zero-order valence-electron chi connectivity index (χ0n) is 20.2. The molecule has 0 aliphatic carbocycles. The van der Waals surface area contributed by atoms with Gasteiger partial charge in [0.2, 0.25) is 18.2 Å². The number of hydrogen-bond acceptors (Lipinski definition) is 7. The summed E-state index contributed by atoms with van der Waals surface area (Å²) < 4.78 is 22.7. The van der Waals surface area contributed by atoms with Crippen molar-refractivity contribution < 1.29 is 48.2 Å². The summed E-state index contributed by atoms with van der Waals surface area (Å²) in [4.78, 5) is 73.9. The number of nitrogens with zero attached hydrogens (tertiary/aromatic N) is 1. The van der Waals surface area contributed by atoms with E-state index in [9.17, 15) is 28.6 Å². The third-order valence-corrected chi connectivity index (χ3v) is 9.62. The smallest absolute Gasteiger partial charge is 0.369 e. The number of hydrogen-bond donors (Lipinski definition) is 8. The Hall–Kier alpha value is -1.73. The highest BCUT2D eigenvalue weighted by atomic mass is 35.5. The van der Waals surface area contributed by atoms with Crippen LogP contribution in [0.3, 0.4) is 0 Å². The van der Waals surface area contributed by atoms with Crippen molar-refractivity contribution in [1.82, 2.24) is 16.0 Å². The minimum atomic E-state index is -5.59. The van der Waals surface area contributed by atoms with Crippen molar-refractivity contribution in [2.24, 2.45) is 0 Å². The van der Waals surface area contributed by atoms with E-state index in [1.165, 1.54) is 0 Å². The van der Waals surface area contributed by atoms with Crippen molar-refractivity contribution in [1.29, 1.82) is 0 Å². The molecule has 0 radical (unpaired) electrons. The van der Waals surface area contributed by atoms with Crippen LogP contribution in [0.5, 0.6) is 0 Å². The molecule has 0 aliphatic heterocycles. The summed E-state index contributed by atoms with van der Waals surface area (Å²) in [6, 6.07) is 6.23. The molecule has 0 saturated heterocycles. The van der Waals surface area contributed by atoms with E-state index in [1.807, 2.05) is 17.0 Å². The molecule has 1 rings (SSSR count). The highest BCUT2D eigenvalue weighted by Gasteiger charge is 2.58. The maximum absolute atomic E-state index is 12.5. The number of carbonyl (C=O) groups excluding carboxylic acids is 3. The molecule has 0 bridgehead atoms. The zero-order chi connectivity index (χ0) is 29.0. The van der Waals surface area contributed by atoms with E-state index < -0.39 is 51.1 Å². The summed E-state index contributed by atoms with van der Waals surface area (Å²) in [6.45, 7) is 0.384. The number of aliphatic hydroxyl groups is 1. The second kappa shape index (κ2) is 15.8. The Morgan fingerprint density at radius 1 is 1.00 bits per heavy atom. The topological polar surface area (TPSA) is 226 Å². The zero-order valence-corrected chi connectivity index (χ0v) is 23.5. The molecule has 1 aromatic carbocycles. The maximum Gasteiger partial charge on any atom is 0.369 e. The van der Waals surface area contributed by atoms with Gasteiger partial charge in [-0.15, -0.1) is 23.2 Å². The fourth-order valence-corrected chi connectivity index (χ4v) is 5.99. The van der Waals surface area contributed by atoms with Gasteiger partial charge >= 0.3 is 15.2 Å². The van der Waals surface area contributed by atoms with Gasteiger partial charge in [0.05, 0.1) is 6.54 Å². The summed E-state index contributed by atoms with van der Waals surface area (Å²) in [6.07, 6.45) is -0.899. The van der Waals surface area contributed by atoms with Crippen LogP contribution >= 0.6 is 38.4 Å². The first-order valence-electron chi connectivity index (χ1n) is 11.2. The number of halogens is 2. The molecule has 38 heavy (non-hydrogen) atoms. The first kappa shape index (κ1) is 34.3. The van der Waals surface area contributed by atoms with E-state index in [1.54, 1.807) is 12.1 Å². The lowest BCUT2D eigenvalue weighted by atomic mass is 10.0. The van der Waals surface area contributed by atoms with Gasteiger partial charge in [0.25, 0.3) is 5.08 Å². The number of carbonyl (C=O) groups is 3. The minimum Gasteiger partial charge on any atom is -0.369 e. The van der Waals surface area contributed by atoms with Gasteiger partial charge in [-0.3, -0.25) is 23.5 Å². The van der Waals surface area contributed by atoms with Crippen LogP contribution in [0.4, 0.5) is 5.69 Å². The normalized spacial score (nSPS) is 12.9. The highest BCUT2D eigenvalue weighted by molar-refractivity contribution is 7.72. The predicted molar refractivity (Wildman–Crippen MR) is 141 cm³/mol. The Morgan fingerprint density at radius 3 is 2.03 bits per heavy atom. The number of amides is 3. The van der Waals surface area contributed by atoms with Gasteiger partial charge in [0.15, 0.2) is 0 Å². The van der Waals surface area contributed by atoms with E-state index in [0.717, 1.165) is 11.3 Å². The highest BCUT2D eigenvalue weighted by Crippen LogP contribution is 2.69. The fourth-order valence-electron chi connectivity index (χ4n) is 3.33. The Kier molecular flexibility index (Phi) is 14.2. The van der Waals surface area contributed by atoms with Crippen LogP contribution in [0, 0.1) is 0 Å². The molecule has 14 nitrogen and oxygen atoms in total. The largest absolute Gasteiger partial charge is 0.369 e. The average molecular weight is 621 g/mol. The molecule has 1 aromatic rings. The van der Waals surface area contributed by atoms with Crippen LogP contribution in [0.25, 0.3) is 0 Å². The molecular weight excluding hydrogens is 589 g/mol. The molecule has 216 valence electrons. The third kappa shape index (κ3) is 10.4. The quantitative estimate of drug-likeness (QED) is 0.0457. The second-order valence-corrected chi connectivity index (χ2v) is 12.9. The summed E-state index contributed by atoms with van der Waals surface area (Å²) >= 11 is 11.6. The summed E-state index contributed by atoms with van der Waals surface area (Å²) in [5, 5.41) is 13.3. The molecule has 0 saturated carbocycles. The molecule has 0 spiro atoms. The van der Waals surface area contributed by atoms with Gasteiger partial charge in [-0.2, -0.15) is 0 Å². The van der Waals surface area contributed by atoms with Crippen molar-refractivity contribution in [3.05, 3.63) is 29.8 Å². The molecule has 8 N–H and O–H groups in total. The molecule has 0 fully saturated rings. The van der Waals surface area contributed by atoms with Crippen LogP contribution in [0.1, 0.15) is 18.4 Å². The number of anilines is 1. The van der Waals surface area contributed by atoms with E-state index >= 15 is 0 Å².